The minimum atomic E-state index is -0.844. The lowest BCUT2D eigenvalue weighted by molar-refractivity contribution is 0.00117. The summed E-state index contributed by atoms with van der Waals surface area (Å²) in [7, 11) is 0. The van der Waals surface area contributed by atoms with E-state index in [0.717, 1.165) is 0 Å². The average Bonchev–Trinajstić information content (AvgIpc) is 2.37. The van der Waals surface area contributed by atoms with Crippen LogP contribution in [0.5, 0.6) is 0 Å². The maximum Gasteiger partial charge on any atom is 0.138 e. The lowest BCUT2D eigenvalue weighted by Crippen LogP contribution is -2.29. The lowest BCUT2D eigenvalue weighted by atomic mass is 9.92. The predicted molar refractivity (Wildman–Crippen MR) is 43.0 cm³/mol. The van der Waals surface area contributed by atoms with Crippen molar-refractivity contribution in [3.8, 4) is 0 Å². The average molecular weight is 154 g/mol. The van der Waals surface area contributed by atoms with E-state index in [4.69, 9.17) is 0 Å². The quantitative estimate of drug-likeness (QED) is 0.674. The van der Waals surface area contributed by atoms with Gasteiger partial charge in [-0.25, -0.2) is 4.98 Å². The molecule has 3 nitrogen and oxygen atoms in total. The number of hydrogen-bond acceptors (Lipinski definition) is 2. The Balaban J connectivity index is 2.90. The SMILES string of the molecule is CC(C)[C@@](C)(O)c1ncc[nH]1. The van der Waals surface area contributed by atoms with Gasteiger partial charge in [0.25, 0.3) is 0 Å². The van der Waals surface area contributed by atoms with Crippen molar-refractivity contribution >= 4 is 0 Å². The van der Waals surface area contributed by atoms with E-state index in [0.29, 0.717) is 5.82 Å². The third-order valence-corrected chi connectivity index (χ3v) is 2.10. The Labute approximate surface area is 66.5 Å². The number of H-pyrrole nitrogens is 1. The van der Waals surface area contributed by atoms with Gasteiger partial charge in [-0.2, -0.15) is 0 Å². The van der Waals surface area contributed by atoms with E-state index in [2.05, 4.69) is 9.97 Å². The highest BCUT2D eigenvalue weighted by Crippen LogP contribution is 2.25. The zero-order valence-electron chi connectivity index (χ0n) is 7.13. The molecule has 3 heteroatoms. The van der Waals surface area contributed by atoms with Crippen LogP contribution in [-0.2, 0) is 5.60 Å². The van der Waals surface area contributed by atoms with Crippen molar-refractivity contribution in [2.45, 2.75) is 26.4 Å². The first-order valence-electron chi connectivity index (χ1n) is 3.77. The number of aromatic nitrogens is 2. The number of hydrogen-bond donors (Lipinski definition) is 2. The van der Waals surface area contributed by atoms with Gasteiger partial charge in [-0.1, -0.05) is 13.8 Å². The summed E-state index contributed by atoms with van der Waals surface area (Å²) >= 11 is 0. The van der Waals surface area contributed by atoms with Gasteiger partial charge in [0.2, 0.25) is 0 Å². The molecule has 2 N–H and O–H groups in total. The molecule has 11 heavy (non-hydrogen) atoms. The summed E-state index contributed by atoms with van der Waals surface area (Å²) in [5.41, 5.74) is -0.844. The molecule has 0 spiro atoms. The molecule has 0 aliphatic rings. The van der Waals surface area contributed by atoms with Crippen molar-refractivity contribution in [3.05, 3.63) is 18.2 Å². The first-order chi connectivity index (χ1) is 5.05. The van der Waals surface area contributed by atoms with Crippen molar-refractivity contribution in [1.29, 1.82) is 0 Å². The van der Waals surface area contributed by atoms with E-state index < -0.39 is 5.60 Å². The predicted octanol–water partition coefficient (Wildman–Crippen LogP) is 1.27. The Kier molecular flexibility index (Phi) is 2.00. The van der Waals surface area contributed by atoms with E-state index in [1.165, 1.54) is 0 Å². The summed E-state index contributed by atoms with van der Waals surface area (Å²) in [6, 6.07) is 0. The molecule has 0 bridgehead atoms. The Morgan fingerprint density at radius 2 is 2.27 bits per heavy atom. The fourth-order valence-corrected chi connectivity index (χ4v) is 0.816. The smallest absolute Gasteiger partial charge is 0.138 e. The van der Waals surface area contributed by atoms with Gasteiger partial charge in [-0.15, -0.1) is 0 Å². The fraction of sp³-hybridized carbons (Fsp3) is 0.625. The van der Waals surface area contributed by atoms with Gasteiger partial charge in [-0.3, -0.25) is 0 Å². The largest absolute Gasteiger partial charge is 0.382 e. The van der Waals surface area contributed by atoms with E-state index in [1.54, 1.807) is 19.3 Å². The monoisotopic (exact) mass is 154 g/mol. The highest BCUT2D eigenvalue weighted by atomic mass is 16.3. The minimum absolute atomic E-state index is 0.161. The molecule has 0 fully saturated rings. The second kappa shape index (κ2) is 2.66. The molecule has 1 rings (SSSR count). The van der Waals surface area contributed by atoms with Crippen LogP contribution in [0.15, 0.2) is 12.4 Å². The molecule has 0 saturated heterocycles. The Hall–Kier alpha value is -0.830. The molecule has 0 radical (unpaired) electrons. The number of rotatable bonds is 2. The Morgan fingerprint density at radius 1 is 1.64 bits per heavy atom. The second-order valence-corrected chi connectivity index (χ2v) is 3.24. The number of aromatic amines is 1. The minimum Gasteiger partial charge on any atom is -0.382 e. The van der Waals surface area contributed by atoms with E-state index in [1.807, 2.05) is 13.8 Å². The van der Waals surface area contributed by atoms with Gasteiger partial charge in [0, 0.05) is 12.4 Å². The first-order valence-corrected chi connectivity index (χ1v) is 3.77. The highest BCUT2D eigenvalue weighted by molar-refractivity contribution is 5.00. The summed E-state index contributed by atoms with van der Waals surface area (Å²) < 4.78 is 0. The van der Waals surface area contributed by atoms with Gasteiger partial charge in [0.1, 0.15) is 11.4 Å². The molecule has 0 aromatic carbocycles. The first kappa shape index (κ1) is 8.27. The van der Waals surface area contributed by atoms with Gasteiger partial charge in [0.05, 0.1) is 0 Å². The zero-order chi connectivity index (χ0) is 8.48. The molecule has 0 unspecified atom stereocenters. The van der Waals surface area contributed by atoms with Crippen LogP contribution in [0.3, 0.4) is 0 Å². The molecule has 1 heterocycles. The lowest BCUT2D eigenvalue weighted by Gasteiger charge is -2.24. The third-order valence-electron chi connectivity index (χ3n) is 2.10. The van der Waals surface area contributed by atoms with Gasteiger partial charge < -0.3 is 10.1 Å². The number of nitrogens with zero attached hydrogens (tertiary/aromatic N) is 1. The standard InChI is InChI=1S/C8H14N2O/c1-6(2)8(3,11)7-9-4-5-10-7/h4-6,11H,1-3H3,(H,9,10)/t8-/m1/s1. The van der Waals surface area contributed by atoms with Gasteiger partial charge >= 0.3 is 0 Å². The van der Waals surface area contributed by atoms with Crippen LogP contribution in [-0.4, -0.2) is 15.1 Å². The van der Waals surface area contributed by atoms with Crippen molar-refractivity contribution in [2.75, 3.05) is 0 Å². The summed E-state index contributed by atoms with van der Waals surface area (Å²) in [6.45, 7) is 5.68. The van der Waals surface area contributed by atoms with Crippen molar-refractivity contribution in [2.24, 2.45) is 5.92 Å². The van der Waals surface area contributed by atoms with Crippen LogP contribution >= 0.6 is 0 Å². The van der Waals surface area contributed by atoms with Crippen molar-refractivity contribution < 1.29 is 5.11 Å². The molecule has 0 saturated carbocycles. The topological polar surface area (TPSA) is 48.9 Å². The molecule has 1 atom stereocenters. The number of aliphatic hydroxyl groups is 1. The molecule has 62 valence electrons. The van der Waals surface area contributed by atoms with Crippen molar-refractivity contribution in [1.82, 2.24) is 9.97 Å². The fourth-order valence-electron chi connectivity index (χ4n) is 0.816. The van der Waals surface area contributed by atoms with Gasteiger partial charge in [0.15, 0.2) is 0 Å². The normalized spacial score (nSPS) is 16.8. The summed E-state index contributed by atoms with van der Waals surface area (Å²) in [5, 5.41) is 9.86. The van der Waals surface area contributed by atoms with Crippen LogP contribution < -0.4 is 0 Å². The zero-order valence-corrected chi connectivity index (χ0v) is 7.13. The van der Waals surface area contributed by atoms with E-state index in [9.17, 15) is 5.11 Å². The number of nitrogens with one attached hydrogen (secondary N) is 1. The van der Waals surface area contributed by atoms with Crippen LogP contribution in [0.2, 0.25) is 0 Å². The Bertz CT molecular complexity index is 214. The van der Waals surface area contributed by atoms with Crippen LogP contribution in [0, 0.1) is 5.92 Å². The maximum absolute atomic E-state index is 9.86. The van der Waals surface area contributed by atoms with E-state index >= 15 is 0 Å². The van der Waals surface area contributed by atoms with E-state index in [-0.39, 0.29) is 5.92 Å². The summed E-state index contributed by atoms with van der Waals surface area (Å²) in [6.07, 6.45) is 3.36. The number of imidazole rings is 1. The second-order valence-electron chi connectivity index (χ2n) is 3.24. The highest BCUT2D eigenvalue weighted by Gasteiger charge is 2.29. The molecular formula is C8H14N2O. The Morgan fingerprint density at radius 3 is 2.64 bits per heavy atom. The molecule has 1 aromatic heterocycles. The molecule has 0 aliphatic heterocycles. The third kappa shape index (κ3) is 1.43. The van der Waals surface area contributed by atoms with Gasteiger partial charge in [-0.05, 0) is 12.8 Å². The molecule has 0 aliphatic carbocycles. The summed E-state index contributed by atoms with van der Waals surface area (Å²) in [5.74, 6) is 0.793. The van der Waals surface area contributed by atoms with Crippen LogP contribution in [0.25, 0.3) is 0 Å². The molecular weight excluding hydrogens is 140 g/mol. The van der Waals surface area contributed by atoms with Crippen LogP contribution in [0.1, 0.15) is 26.6 Å². The molecule has 0 amide bonds. The van der Waals surface area contributed by atoms with Crippen LogP contribution in [0.4, 0.5) is 0 Å². The summed E-state index contributed by atoms with van der Waals surface area (Å²) in [4.78, 5) is 6.90. The maximum atomic E-state index is 9.86. The molecule has 1 aromatic rings. The van der Waals surface area contributed by atoms with Crippen molar-refractivity contribution in [3.63, 3.8) is 0 Å².